The van der Waals surface area contributed by atoms with E-state index in [0.29, 0.717) is 19.4 Å². The van der Waals surface area contributed by atoms with Crippen molar-refractivity contribution in [2.45, 2.75) is 32.4 Å². The third-order valence-electron chi connectivity index (χ3n) is 4.75. The number of aryl methyl sites for hydroxylation is 1. The van der Waals surface area contributed by atoms with Gasteiger partial charge in [-0.25, -0.2) is 0 Å². The quantitative estimate of drug-likeness (QED) is 0.927. The fraction of sp³-hybridized carbons (Fsp3) is 0.368. The van der Waals surface area contributed by atoms with E-state index in [0.717, 1.165) is 10.4 Å². The lowest BCUT2D eigenvalue weighted by molar-refractivity contribution is -0.141. The molecule has 1 aliphatic heterocycles. The molecule has 0 spiro atoms. The number of amides is 2. The second-order valence-corrected chi connectivity index (χ2v) is 7.23. The molecule has 4 nitrogen and oxygen atoms in total. The van der Waals surface area contributed by atoms with Crippen LogP contribution in [0.1, 0.15) is 34.9 Å². The highest BCUT2D eigenvalue weighted by Crippen LogP contribution is 2.37. The molecule has 1 saturated heterocycles. The van der Waals surface area contributed by atoms with Crippen molar-refractivity contribution >= 4 is 23.2 Å². The summed E-state index contributed by atoms with van der Waals surface area (Å²) in [5.74, 6) is -0.0669. The van der Waals surface area contributed by atoms with E-state index in [1.807, 2.05) is 48.7 Å². The maximum Gasteiger partial charge on any atom is 0.225 e. The first-order chi connectivity index (χ1) is 11.6. The van der Waals surface area contributed by atoms with Gasteiger partial charge in [0.2, 0.25) is 11.8 Å². The zero-order valence-corrected chi connectivity index (χ0v) is 14.8. The molecule has 1 N–H and O–H groups in total. The van der Waals surface area contributed by atoms with Gasteiger partial charge in [-0.1, -0.05) is 30.3 Å². The van der Waals surface area contributed by atoms with Crippen molar-refractivity contribution in [1.82, 2.24) is 10.2 Å². The lowest BCUT2D eigenvalue weighted by Crippen LogP contribution is -2.46. The van der Waals surface area contributed by atoms with Gasteiger partial charge in [-0.15, -0.1) is 11.3 Å². The second-order valence-electron chi connectivity index (χ2n) is 6.25. The maximum atomic E-state index is 12.8. The smallest absolute Gasteiger partial charge is 0.225 e. The summed E-state index contributed by atoms with van der Waals surface area (Å²) in [6, 6.07) is 11.9. The van der Waals surface area contributed by atoms with Gasteiger partial charge in [0.05, 0.1) is 12.0 Å². The summed E-state index contributed by atoms with van der Waals surface area (Å²) in [6.07, 6.45) is 1.03. The average molecular weight is 342 g/mol. The van der Waals surface area contributed by atoms with Crippen LogP contribution in [0.2, 0.25) is 0 Å². The minimum atomic E-state index is -0.199. The molecule has 1 aromatic carbocycles. The number of likely N-dealkylation sites (tertiary alicyclic amines) is 1. The van der Waals surface area contributed by atoms with Gasteiger partial charge in [0.25, 0.3) is 0 Å². The summed E-state index contributed by atoms with van der Waals surface area (Å²) in [7, 11) is 1.80. The van der Waals surface area contributed by atoms with Crippen LogP contribution in [0, 0.1) is 12.8 Å². The van der Waals surface area contributed by atoms with Gasteiger partial charge in [0.1, 0.15) is 0 Å². The van der Waals surface area contributed by atoms with Crippen molar-refractivity contribution in [1.29, 1.82) is 0 Å². The van der Waals surface area contributed by atoms with Gasteiger partial charge in [-0.05, 0) is 35.9 Å². The van der Waals surface area contributed by atoms with E-state index in [4.69, 9.17) is 0 Å². The zero-order chi connectivity index (χ0) is 17.1. The Morgan fingerprint density at radius 3 is 2.79 bits per heavy atom. The SMILES string of the molecule is Cc1ccccc1CNC(=O)[C@H]1CCC(=O)N(C)[C@@H]1c1cccs1. The van der Waals surface area contributed by atoms with Gasteiger partial charge in [-0.2, -0.15) is 0 Å². The molecule has 0 saturated carbocycles. The molecular weight excluding hydrogens is 320 g/mol. The van der Waals surface area contributed by atoms with Crippen LogP contribution in [0.15, 0.2) is 41.8 Å². The van der Waals surface area contributed by atoms with Crippen LogP contribution in [0.5, 0.6) is 0 Å². The molecule has 2 atom stereocenters. The minimum Gasteiger partial charge on any atom is -0.352 e. The molecule has 1 aliphatic rings. The normalized spacial score (nSPS) is 20.9. The summed E-state index contributed by atoms with van der Waals surface area (Å²) in [4.78, 5) is 27.7. The van der Waals surface area contributed by atoms with E-state index in [-0.39, 0.29) is 23.8 Å². The van der Waals surface area contributed by atoms with E-state index < -0.39 is 0 Å². The van der Waals surface area contributed by atoms with Crippen molar-refractivity contribution in [3.8, 4) is 0 Å². The number of benzene rings is 1. The van der Waals surface area contributed by atoms with E-state index in [2.05, 4.69) is 5.32 Å². The number of carbonyl (C=O) groups is 2. The fourth-order valence-corrected chi connectivity index (χ4v) is 4.22. The van der Waals surface area contributed by atoms with Crippen LogP contribution in [0.3, 0.4) is 0 Å². The topological polar surface area (TPSA) is 49.4 Å². The number of nitrogens with one attached hydrogen (secondary N) is 1. The average Bonchev–Trinajstić information content (AvgIpc) is 3.10. The Hall–Kier alpha value is -2.14. The van der Waals surface area contributed by atoms with E-state index in [1.54, 1.807) is 23.3 Å². The molecule has 5 heteroatoms. The first kappa shape index (κ1) is 16.7. The number of rotatable bonds is 4. The Balaban J connectivity index is 1.74. The standard InChI is InChI=1S/C19H22N2O2S/c1-13-6-3-4-7-14(13)12-20-19(23)15-9-10-17(22)21(2)18(15)16-8-5-11-24-16/h3-8,11,15,18H,9-10,12H2,1-2H3,(H,20,23)/t15-,18-/m0/s1. The summed E-state index contributed by atoms with van der Waals surface area (Å²) in [5.41, 5.74) is 2.29. The van der Waals surface area contributed by atoms with Gasteiger partial charge in [-0.3, -0.25) is 9.59 Å². The Kier molecular flexibility index (Phi) is 5.00. The Morgan fingerprint density at radius 2 is 2.08 bits per heavy atom. The molecule has 3 rings (SSSR count). The summed E-state index contributed by atoms with van der Waals surface area (Å²) < 4.78 is 0. The molecule has 2 aromatic rings. The first-order valence-corrected chi connectivity index (χ1v) is 9.07. The molecule has 2 amide bonds. The summed E-state index contributed by atoms with van der Waals surface area (Å²) in [6.45, 7) is 2.57. The number of hydrogen-bond donors (Lipinski definition) is 1. The third kappa shape index (κ3) is 3.36. The van der Waals surface area contributed by atoms with E-state index in [1.165, 1.54) is 5.56 Å². The van der Waals surface area contributed by atoms with Gasteiger partial charge < -0.3 is 10.2 Å². The first-order valence-electron chi connectivity index (χ1n) is 8.19. The molecule has 0 aliphatic carbocycles. The lowest BCUT2D eigenvalue weighted by Gasteiger charge is -2.37. The highest BCUT2D eigenvalue weighted by molar-refractivity contribution is 7.10. The van der Waals surface area contributed by atoms with E-state index >= 15 is 0 Å². The number of carbonyl (C=O) groups excluding carboxylic acids is 2. The van der Waals surface area contributed by atoms with Crippen LogP contribution >= 0.6 is 11.3 Å². The largest absolute Gasteiger partial charge is 0.352 e. The second kappa shape index (κ2) is 7.18. The molecule has 1 fully saturated rings. The third-order valence-corrected chi connectivity index (χ3v) is 5.69. The fourth-order valence-electron chi connectivity index (χ4n) is 3.28. The van der Waals surface area contributed by atoms with Crippen molar-refractivity contribution in [3.63, 3.8) is 0 Å². The zero-order valence-electron chi connectivity index (χ0n) is 14.0. The Labute approximate surface area is 146 Å². The molecule has 24 heavy (non-hydrogen) atoms. The Bertz CT molecular complexity index is 727. The predicted molar refractivity (Wildman–Crippen MR) is 95.6 cm³/mol. The molecule has 126 valence electrons. The van der Waals surface area contributed by atoms with Gasteiger partial charge in [0.15, 0.2) is 0 Å². The summed E-state index contributed by atoms with van der Waals surface area (Å²) >= 11 is 1.60. The van der Waals surface area contributed by atoms with Crippen molar-refractivity contribution in [3.05, 3.63) is 57.8 Å². The highest BCUT2D eigenvalue weighted by atomic mass is 32.1. The van der Waals surface area contributed by atoms with Crippen LogP contribution < -0.4 is 5.32 Å². The molecule has 0 unspecified atom stereocenters. The van der Waals surface area contributed by atoms with Gasteiger partial charge in [0, 0.05) is 24.9 Å². The molecule has 2 heterocycles. The number of nitrogens with zero attached hydrogens (tertiary/aromatic N) is 1. The van der Waals surface area contributed by atoms with Crippen LogP contribution in [0.4, 0.5) is 0 Å². The van der Waals surface area contributed by atoms with Crippen LogP contribution in [-0.2, 0) is 16.1 Å². The van der Waals surface area contributed by atoms with E-state index in [9.17, 15) is 9.59 Å². The molecule has 1 aromatic heterocycles. The molecule has 0 bridgehead atoms. The number of piperidine rings is 1. The number of hydrogen-bond acceptors (Lipinski definition) is 3. The minimum absolute atomic E-state index is 0.0241. The number of thiophene rings is 1. The molecule has 0 radical (unpaired) electrons. The summed E-state index contributed by atoms with van der Waals surface area (Å²) in [5, 5.41) is 5.06. The van der Waals surface area contributed by atoms with Gasteiger partial charge >= 0.3 is 0 Å². The van der Waals surface area contributed by atoms with Crippen LogP contribution in [-0.4, -0.2) is 23.8 Å². The highest BCUT2D eigenvalue weighted by Gasteiger charge is 2.39. The van der Waals surface area contributed by atoms with Crippen molar-refractivity contribution in [2.75, 3.05) is 7.05 Å². The monoisotopic (exact) mass is 342 g/mol. The van der Waals surface area contributed by atoms with Crippen LogP contribution in [0.25, 0.3) is 0 Å². The predicted octanol–water partition coefficient (Wildman–Crippen LogP) is 3.28. The Morgan fingerprint density at radius 1 is 1.29 bits per heavy atom. The van der Waals surface area contributed by atoms with Crippen molar-refractivity contribution < 1.29 is 9.59 Å². The molecular formula is C19H22N2O2S. The lowest BCUT2D eigenvalue weighted by atomic mass is 9.87. The van der Waals surface area contributed by atoms with Crippen molar-refractivity contribution in [2.24, 2.45) is 5.92 Å². The maximum absolute atomic E-state index is 12.8.